The van der Waals surface area contributed by atoms with E-state index in [1.54, 1.807) is 49.3 Å². The number of rotatable bonds is 3. The molecule has 1 heterocycles. The molecule has 22 heavy (non-hydrogen) atoms. The Hall–Kier alpha value is -1.60. The van der Waals surface area contributed by atoms with E-state index in [0.29, 0.717) is 23.7 Å². The number of amides is 2. The molecule has 0 radical (unpaired) electrons. The van der Waals surface area contributed by atoms with Crippen LogP contribution in [0.5, 0.6) is 0 Å². The molecule has 1 aliphatic heterocycles. The molecule has 0 spiro atoms. The molecule has 2 N–H and O–H groups in total. The van der Waals surface area contributed by atoms with Crippen molar-refractivity contribution in [2.75, 3.05) is 31.7 Å². The Morgan fingerprint density at radius 1 is 1.45 bits per heavy atom. The Morgan fingerprint density at radius 3 is 2.64 bits per heavy atom. The number of nitrogens with zero attached hydrogens (tertiary/aromatic N) is 2. The zero-order chi connectivity index (χ0) is 16.5. The molecule has 1 saturated heterocycles. The first-order valence-corrected chi connectivity index (χ1v) is 9.04. The minimum Gasteiger partial charge on any atom is -0.390 e. The Balaban J connectivity index is 2.02. The Kier molecular flexibility index (Phi) is 4.49. The molecule has 1 unspecified atom stereocenters. The van der Waals surface area contributed by atoms with E-state index in [4.69, 9.17) is 0 Å². The molecule has 122 valence electrons. The van der Waals surface area contributed by atoms with Gasteiger partial charge in [0.1, 0.15) is 0 Å². The summed E-state index contributed by atoms with van der Waals surface area (Å²) in [5.41, 5.74) is -0.181. The number of hydrogen-bond donors (Lipinski definition) is 2. The van der Waals surface area contributed by atoms with Gasteiger partial charge in [-0.1, -0.05) is 6.07 Å². The zero-order valence-corrected chi connectivity index (χ0v) is 14.2. The number of benzene rings is 1. The summed E-state index contributed by atoms with van der Waals surface area (Å²) in [6.45, 7) is 4.57. The second kappa shape index (κ2) is 5.89. The minimum atomic E-state index is -2.42. The van der Waals surface area contributed by atoms with Crippen molar-refractivity contribution in [2.45, 2.75) is 24.3 Å². The lowest BCUT2D eigenvalue weighted by Crippen LogP contribution is -2.58. The van der Waals surface area contributed by atoms with Gasteiger partial charge in [0.25, 0.3) is 0 Å². The lowest BCUT2D eigenvalue weighted by atomic mass is 9.85. The summed E-state index contributed by atoms with van der Waals surface area (Å²) in [6, 6.07) is 6.70. The van der Waals surface area contributed by atoms with Crippen molar-refractivity contribution in [3.63, 3.8) is 0 Å². The first kappa shape index (κ1) is 16.8. The highest BCUT2D eigenvalue weighted by Gasteiger charge is 2.39. The van der Waals surface area contributed by atoms with Crippen LogP contribution in [-0.2, 0) is 9.73 Å². The molecular weight excluding hydrogens is 302 g/mol. The van der Waals surface area contributed by atoms with Crippen LogP contribution in [0.3, 0.4) is 0 Å². The van der Waals surface area contributed by atoms with Crippen LogP contribution < -0.4 is 5.32 Å². The van der Waals surface area contributed by atoms with Crippen molar-refractivity contribution < 1.29 is 14.1 Å². The normalized spacial score (nSPS) is 18.3. The molecule has 1 aromatic carbocycles. The van der Waals surface area contributed by atoms with Crippen molar-refractivity contribution in [1.29, 1.82) is 0 Å². The van der Waals surface area contributed by atoms with Gasteiger partial charge in [0.15, 0.2) is 0 Å². The van der Waals surface area contributed by atoms with E-state index in [2.05, 4.69) is 9.68 Å². The fourth-order valence-electron chi connectivity index (χ4n) is 2.21. The van der Waals surface area contributed by atoms with Crippen LogP contribution in [0.25, 0.3) is 0 Å². The highest BCUT2D eigenvalue weighted by atomic mass is 32.2. The predicted molar refractivity (Wildman–Crippen MR) is 87.5 cm³/mol. The van der Waals surface area contributed by atoms with E-state index < -0.39 is 15.3 Å². The maximum absolute atomic E-state index is 12.2. The second-order valence-electron chi connectivity index (χ2n) is 6.20. The third-order valence-electron chi connectivity index (χ3n) is 4.04. The standard InChI is InChI=1S/C15H23N3O3S/c1-15(2,20)11-9-18(10-11)14(19)17-12-6-5-7-13(8-12)22(4,21)16-3/h5-8,11,20H,9-10H2,1-4H3,(H,17,19). The number of aliphatic hydroxyl groups is 1. The number of carbonyl (C=O) groups excluding carboxylic acids is 1. The molecule has 0 aromatic heterocycles. The maximum atomic E-state index is 12.2. The van der Waals surface area contributed by atoms with Gasteiger partial charge in [0.2, 0.25) is 0 Å². The lowest BCUT2D eigenvalue weighted by molar-refractivity contribution is -0.0440. The largest absolute Gasteiger partial charge is 0.390 e. The van der Waals surface area contributed by atoms with Crippen molar-refractivity contribution in [2.24, 2.45) is 10.3 Å². The Labute approximate surface area is 131 Å². The first-order chi connectivity index (χ1) is 10.1. The SMILES string of the molecule is CN=S(C)(=O)c1cccc(NC(=O)N2CC(C(C)(C)O)C2)c1. The number of likely N-dealkylation sites (tertiary alicyclic amines) is 1. The van der Waals surface area contributed by atoms with Crippen molar-refractivity contribution in [1.82, 2.24) is 4.90 Å². The molecule has 1 atom stereocenters. The zero-order valence-electron chi connectivity index (χ0n) is 13.4. The van der Waals surface area contributed by atoms with Crippen LogP contribution in [0.1, 0.15) is 13.8 Å². The number of nitrogens with one attached hydrogen (secondary N) is 1. The molecule has 1 aliphatic rings. The van der Waals surface area contributed by atoms with Gasteiger partial charge in [-0.3, -0.25) is 0 Å². The highest BCUT2D eigenvalue weighted by Crippen LogP contribution is 2.27. The van der Waals surface area contributed by atoms with Gasteiger partial charge in [-0.25, -0.2) is 13.4 Å². The third kappa shape index (κ3) is 3.59. The van der Waals surface area contributed by atoms with Crippen LogP contribution in [0.4, 0.5) is 10.5 Å². The number of urea groups is 1. The van der Waals surface area contributed by atoms with E-state index in [9.17, 15) is 14.1 Å². The number of carbonyl (C=O) groups is 1. The van der Waals surface area contributed by atoms with Gasteiger partial charge < -0.3 is 15.3 Å². The number of anilines is 1. The van der Waals surface area contributed by atoms with E-state index in [1.165, 1.54) is 7.05 Å². The summed E-state index contributed by atoms with van der Waals surface area (Å²) in [4.78, 5) is 14.4. The average molecular weight is 325 g/mol. The summed E-state index contributed by atoms with van der Waals surface area (Å²) in [6.07, 6.45) is 1.57. The second-order valence-corrected chi connectivity index (χ2v) is 8.64. The first-order valence-electron chi connectivity index (χ1n) is 7.12. The van der Waals surface area contributed by atoms with Crippen molar-refractivity contribution in [3.05, 3.63) is 24.3 Å². The van der Waals surface area contributed by atoms with E-state index in [0.717, 1.165) is 0 Å². The van der Waals surface area contributed by atoms with E-state index in [1.807, 2.05) is 0 Å². The molecular formula is C15H23N3O3S. The molecule has 0 bridgehead atoms. The fourth-order valence-corrected chi connectivity index (χ4v) is 3.10. The van der Waals surface area contributed by atoms with Gasteiger partial charge in [-0.15, -0.1) is 0 Å². The molecule has 7 heteroatoms. The quantitative estimate of drug-likeness (QED) is 0.892. The Bertz CT molecular complexity index is 682. The summed E-state index contributed by atoms with van der Waals surface area (Å²) in [5, 5.41) is 12.7. The van der Waals surface area contributed by atoms with Crippen LogP contribution >= 0.6 is 0 Å². The van der Waals surface area contributed by atoms with Crippen molar-refractivity contribution in [3.8, 4) is 0 Å². The van der Waals surface area contributed by atoms with Gasteiger partial charge in [0.05, 0.1) is 15.3 Å². The minimum absolute atomic E-state index is 0.0952. The van der Waals surface area contributed by atoms with Crippen molar-refractivity contribution >= 4 is 21.4 Å². The molecule has 2 rings (SSSR count). The summed E-state index contributed by atoms with van der Waals surface area (Å²) in [7, 11) is -0.901. The Morgan fingerprint density at radius 2 is 2.09 bits per heavy atom. The van der Waals surface area contributed by atoms with Crippen LogP contribution in [0.2, 0.25) is 0 Å². The average Bonchev–Trinajstić information content (AvgIpc) is 2.35. The summed E-state index contributed by atoms with van der Waals surface area (Å²) in [5.74, 6) is 0.0952. The molecule has 6 nitrogen and oxygen atoms in total. The number of hydrogen-bond acceptors (Lipinski definition) is 4. The maximum Gasteiger partial charge on any atom is 0.321 e. The molecule has 2 amide bonds. The van der Waals surface area contributed by atoms with Gasteiger partial charge >= 0.3 is 6.03 Å². The molecule has 0 aliphatic carbocycles. The molecule has 1 aromatic rings. The predicted octanol–water partition coefficient (Wildman–Crippen LogP) is 2.01. The van der Waals surface area contributed by atoms with E-state index in [-0.39, 0.29) is 11.9 Å². The highest BCUT2D eigenvalue weighted by molar-refractivity contribution is 7.93. The topological polar surface area (TPSA) is 82.0 Å². The molecule has 1 fully saturated rings. The lowest BCUT2D eigenvalue weighted by Gasteiger charge is -2.44. The third-order valence-corrected chi connectivity index (χ3v) is 5.86. The monoisotopic (exact) mass is 325 g/mol. The van der Waals surface area contributed by atoms with Crippen LogP contribution in [-0.4, -0.2) is 52.2 Å². The summed E-state index contributed by atoms with van der Waals surface area (Å²) < 4.78 is 16.1. The molecule has 0 saturated carbocycles. The smallest absolute Gasteiger partial charge is 0.321 e. The fraction of sp³-hybridized carbons (Fsp3) is 0.533. The van der Waals surface area contributed by atoms with Crippen LogP contribution in [0, 0.1) is 5.92 Å². The van der Waals surface area contributed by atoms with Gasteiger partial charge in [0, 0.05) is 42.9 Å². The van der Waals surface area contributed by atoms with Crippen LogP contribution in [0.15, 0.2) is 33.5 Å². The van der Waals surface area contributed by atoms with Gasteiger partial charge in [-0.2, -0.15) is 0 Å². The van der Waals surface area contributed by atoms with E-state index >= 15 is 0 Å². The van der Waals surface area contributed by atoms with Gasteiger partial charge in [-0.05, 0) is 32.0 Å². The summed E-state index contributed by atoms with van der Waals surface area (Å²) >= 11 is 0.